The van der Waals surface area contributed by atoms with E-state index in [0.717, 1.165) is 12.1 Å². The van der Waals surface area contributed by atoms with E-state index >= 15 is 0 Å². The number of hydrogen-bond acceptors (Lipinski definition) is 6. The highest BCUT2D eigenvalue weighted by atomic mass is 32.2. The minimum absolute atomic E-state index is 0.105. The first-order valence-corrected chi connectivity index (χ1v) is 8.71. The van der Waals surface area contributed by atoms with Crippen LogP contribution in [0.1, 0.15) is 19.8 Å². The molecule has 1 atom stereocenters. The molecule has 7 nitrogen and oxygen atoms in total. The van der Waals surface area contributed by atoms with Gasteiger partial charge in [0, 0.05) is 17.9 Å². The molecule has 1 aromatic heterocycles. The lowest BCUT2D eigenvalue weighted by Crippen LogP contribution is -2.32. The second-order valence-corrected chi connectivity index (χ2v) is 7.02. The normalized spacial score (nSPS) is 18.0. The lowest BCUT2D eigenvalue weighted by molar-refractivity contribution is 0.0891. The van der Waals surface area contributed by atoms with Crippen molar-refractivity contribution >= 4 is 26.7 Å². The van der Waals surface area contributed by atoms with Gasteiger partial charge in [-0.15, -0.1) is 0 Å². The molecule has 0 radical (unpaired) electrons. The first-order chi connectivity index (χ1) is 11.0. The zero-order valence-electron chi connectivity index (χ0n) is 12.5. The molecule has 0 fully saturated rings. The minimum atomic E-state index is -3.67. The van der Waals surface area contributed by atoms with Crippen molar-refractivity contribution in [1.29, 1.82) is 0 Å². The Bertz CT molecular complexity index is 917. The van der Waals surface area contributed by atoms with Crippen molar-refractivity contribution in [2.75, 3.05) is 6.54 Å². The van der Waals surface area contributed by atoms with Gasteiger partial charge in [0.15, 0.2) is 0 Å². The van der Waals surface area contributed by atoms with Gasteiger partial charge in [0.05, 0.1) is 17.2 Å². The molecule has 122 valence electrons. The topological polar surface area (TPSA) is 98.0 Å². The molecule has 3 rings (SSSR count). The smallest absolute Gasteiger partial charge is 0.336 e. The summed E-state index contributed by atoms with van der Waals surface area (Å²) in [6, 6.07) is 7.11. The Morgan fingerprint density at radius 2 is 2.13 bits per heavy atom. The number of sulfonamides is 1. The molecule has 0 saturated carbocycles. The molecule has 0 amide bonds. The second kappa shape index (κ2) is 6.13. The Labute approximate surface area is 133 Å². The van der Waals surface area contributed by atoms with E-state index in [2.05, 4.69) is 9.88 Å². The molecule has 0 bridgehead atoms. The number of benzene rings is 1. The van der Waals surface area contributed by atoms with Crippen LogP contribution in [0.25, 0.3) is 11.0 Å². The number of rotatable bonds is 5. The highest BCUT2D eigenvalue weighted by Crippen LogP contribution is 2.18. The molecule has 1 aromatic carbocycles. The second-order valence-electron chi connectivity index (χ2n) is 5.25. The van der Waals surface area contributed by atoms with E-state index in [1.54, 1.807) is 0 Å². The molecule has 0 aliphatic carbocycles. The van der Waals surface area contributed by atoms with E-state index in [1.165, 1.54) is 30.3 Å². The zero-order chi connectivity index (χ0) is 16.4. The Balaban J connectivity index is 1.75. The molecule has 1 unspecified atom stereocenters. The van der Waals surface area contributed by atoms with Gasteiger partial charge in [-0.1, -0.05) is 12.1 Å². The Kier molecular flexibility index (Phi) is 4.18. The van der Waals surface area contributed by atoms with Crippen molar-refractivity contribution in [2.45, 2.75) is 30.8 Å². The van der Waals surface area contributed by atoms with E-state index < -0.39 is 15.6 Å². The SMILES string of the molecule is CCC1=NOC(CNS(=O)(=O)c2ccc3oc(=O)ccc3c2)C1. The summed E-state index contributed by atoms with van der Waals surface area (Å²) in [5, 5.41) is 4.44. The van der Waals surface area contributed by atoms with Crippen LogP contribution in [-0.2, 0) is 14.9 Å². The Morgan fingerprint density at radius 1 is 1.30 bits per heavy atom. The van der Waals surface area contributed by atoms with Gasteiger partial charge in [0.25, 0.3) is 0 Å². The first kappa shape index (κ1) is 15.7. The summed E-state index contributed by atoms with van der Waals surface area (Å²) in [5.74, 6) is 0. The molecule has 0 spiro atoms. The summed E-state index contributed by atoms with van der Waals surface area (Å²) in [6.07, 6.45) is 1.14. The zero-order valence-corrected chi connectivity index (χ0v) is 13.3. The van der Waals surface area contributed by atoms with Gasteiger partial charge < -0.3 is 9.25 Å². The van der Waals surface area contributed by atoms with Gasteiger partial charge in [0.2, 0.25) is 10.0 Å². The van der Waals surface area contributed by atoms with E-state index in [9.17, 15) is 13.2 Å². The van der Waals surface area contributed by atoms with Crippen molar-refractivity contribution in [3.8, 4) is 0 Å². The van der Waals surface area contributed by atoms with Gasteiger partial charge >= 0.3 is 5.63 Å². The fourth-order valence-corrected chi connectivity index (χ4v) is 3.41. The van der Waals surface area contributed by atoms with E-state index in [1.807, 2.05) is 6.92 Å². The van der Waals surface area contributed by atoms with Crippen LogP contribution in [-0.4, -0.2) is 26.8 Å². The summed E-state index contributed by atoms with van der Waals surface area (Å²) in [7, 11) is -3.67. The molecule has 0 saturated heterocycles. The largest absolute Gasteiger partial charge is 0.423 e. The van der Waals surface area contributed by atoms with Crippen LogP contribution in [0.5, 0.6) is 0 Å². The van der Waals surface area contributed by atoms with Crippen molar-refractivity contribution in [2.24, 2.45) is 5.16 Å². The summed E-state index contributed by atoms with van der Waals surface area (Å²) < 4.78 is 32.2. The maximum atomic E-state index is 12.4. The van der Waals surface area contributed by atoms with Gasteiger partial charge in [-0.25, -0.2) is 17.9 Å². The molecule has 8 heteroatoms. The fourth-order valence-electron chi connectivity index (χ4n) is 2.31. The van der Waals surface area contributed by atoms with Gasteiger partial charge in [-0.2, -0.15) is 0 Å². The average molecular weight is 336 g/mol. The van der Waals surface area contributed by atoms with E-state index in [0.29, 0.717) is 17.4 Å². The lowest BCUT2D eigenvalue weighted by atomic mass is 10.1. The van der Waals surface area contributed by atoms with E-state index in [4.69, 9.17) is 9.25 Å². The van der Waals surface area contributed by atoms with Crippen LogP contribution in [0.2, 0.25) is 0 Å². The third-order valence-electron chi connectivity index (χ3n) is 3.60. The standard InChI is InChI=1S/C15H16N2O5S/c1-2-11-8-12(22-17-11)9-16-23(19,20)13-4-5-14-10(7-13)3-6-15(18)21-14/h3-7,12,16H,2,8-9H2,1H3. The maximum Gasteiger partial charge on any atom is 0.336 e. The quantitative estimate of drug-likeness (QED) is 0.837. The van der Waals surface area contributed by atoms with Gasteiger partial charge in [-0.05, 0) is 30.7 Å². The molecular formula is C15H16N2O5S. The van der Waals surface area contributed by atoms with Crippen molar-refractivity contribution in [3.63, 3.8) is 0 Å². The van der Waals surface area contributed by atoms with Crippen molar-refractivity contribution in [3.05, 3.63) is 40.8 Å². The molecule has 23 heavy (non-hydrogen) atoms. The van der Waals surface area contributed by atoms with Crippen LogP contribution in [0.15, 0.2) is 49.6 Å². The van der Waals surface area contributed by atoms with Crippen LogP contribution >= 0.6 is 0 Å². The molecule has 2 heterocycles. The third kappa shape index (κ3) is 3.43. The minimum Gasteiger partial charge on any atom is -0.423 e. The Morgan fingerprint density at radius 3 is 2.87 bits per heavy atom. The molecule has 2 aromatic rings. The van der Waals surface area contributed by atoms with Gasteiger partial charge in [0.1, 0.15) is 11.7 Å². The summed E-state index contributed by atoms with van der Waals surface area (Å²) in [6.45, 7) is 2.12. The Hall–Kier alpha value is -2.19. The summed E-state index contributed by atoms with van der Waals surface area (Å²) in [5.41, 5.74) is 0.794. The van der Waals surface area contributed by atoms with Crippen molar-refractivity contribution < 1.29 is 17.7 Å². The number of fused-ring (bicyclic) bond motifs is 1. The molecule has 1 aliphatic rings. The maximum absolute atomic E-state index is 12.4. The predicted molar refractivity (Wildman–Crippen MR) is 84.9 cm³/mol. The summed E-state index contributed by atoms with van der Waals surface area (Å²) in [4.78, 5) is 16.4. The number of nitrogens with one attached hydrogen (secondary N) is 1. The number of oxime groups is 1. The number of hydrogen-bond donors (Lipinski definition) is 1. The van der Waals surface area contributed by atoms with Crippen LogP contribution in [0.4, 0.5) is 0 Å². The molecule has 1 aliphatic heterocycles. The highest BCUT2D eigenvalue weighted by molar-refractivity contribution is 7.89. The molecular weight excluding hydrogens is 320 g/mol. The van der Waals surface area contributed by atoms with Crippen LogP contribution < -0.4 is 10.3 Å². The molecule has 1 N–H and O–H groups in total. The third-order valence-corrected chi connectivity index (χ3v) is 5.03. The first-order valence-electron chi connectivity index (χ1n) is 7.23. The lowest BCUT2D eigenvalue weighted by Gasteiger charge is -2.11. The average Bonchev–Trinajstić information content (AvgIpc) is 3.00. The monoisotopic (exact) mass is 336 g/mol. The van der Waals surface area contributed by atoms with Gasteiger partial charge in [-0.3, -0.25) is 0 Å². The van der Waals surface area contributed by atoms with Crippen molar-refractivity contribution in [1.82, 2.24) is 4.72 Å². The van der Waals surface area contributed by atoms with Crippen LogP contribution in [0, 0.1) is 0 Å². The fraction of sp³-hybridized carbons (Fsp3) is 0.333. The predicted octanol–water partition coefficient (Wildman–Crippen LogP) is 1.63. The number of nitrogens with zero attached hydrogens (tertiary/aromatic N) is 1. The summed E-state index contributed by atoms with van der Waals surface area (Å²) >= 11 is 0. The van der Waals surface area contributed by atoms with E-state index in [-0.39, 0.29) is 17.5 Å². The highest BCUT2D eigenvalue weighted by Gasteiger charge is 2.23. The van der Waals surface area contributed by atoms with Crippen LogP contribution in [0.3, 0.4) is 0 Å².